The summed E-state index contributed by atoms with van der Waals surface area (Å²) in [7, 11) is 6.53. The number of piperazine rings is 1. The maximum absolute atomic E-state index is 13.9. The molecule has 2 saturated heterocycles. The number of likely N-dealkylation sites (N-methyl/N-ethyl adjacent to an activating group) is 1. The zero-order valence-corrected chi connectivity index (χ0v) is 38.4. The number of nitrogens with zero attached hydrogens (tertiary/aromatic N) is 6. The Bertz CT molecular complexity index is 2350. The molecule has 0 saturated carbocycles. The zero-order valence-electron chi connectivity index (χ0n) is 36.8. The molecule has 4 aliphatic heterocycles. The number of aliphatic hydroxyl groups is 1. The normalized spacial score (nSPS) is 20.1. The quantitative estimate of drug-likeness (QED) is 0.0968. The van der Waals surface area contributed by atoms with Crippen LogP contribution in [0.2, 0.25) is 0 Å². The minimum atomic E-state index is -1.34. The molecule has 4 atom stereocenters. The van der Waals surface area contributed by atoms with Crippen molar-refractivity contribution in [3.8, 4) is 17.2 Å². The second-order valence-electron chi connectivity index (χ2n) is 16.8. The fourth-order valence-electron chi connectivity index (χ4n) is 8.93. The van der Waals surface area contributed by atoms with E-state index in [1.165, 1.54) is 33.6 Å². The lowest BCUT2D eigenvalue weighted by Crippen LogP contribution is -2.51. The van der Waals surface area contributed by atoms with Gasteiger partial charge in [0.15, 0.2) is 17.7 Å². The first-order valence-corrected chi connectivity index (χ1v) is 24.3. The van der Waals surface area contributed by atoms with Crippen molar-refractivity contribution in [3.63, 3.8) is 0 Å². The summed E-state index contributed by atoms with van der Waals surface area (Å²) in [5, 5.41) is 14.3. The van der Waals surface area contributed by atoms with Crippen molar-refractivity contribution in [2.75, 3.05) is 76.4 Å². The topological polar surface area (TPSA) is 155 Å². The Hall–Kier alpha value is -5.23. The number of anilines is 2. The molecule has 8 rings (SSSR count). The van der Waals surface area contributed by atoms with Gasteiger partial charge in [0.1, 0.15) is 17.4 Å². The van der Waals surface area contributed by atoms with Gasteiger partial charge in [-0.15, -0.1) is 0 Å². The highest BCUT2D eigenvalue weighted by Crippen LogP contribution is 2.46. The third-order valence-corrected chi connectivity index (χ3v) is 15.1. The molecule has 3 aromatic carbocycles. The number of carbonyl (C=O) groups is 4. The van der Waals surface area contributed by atoms with Gasteiger partial charge in [-0.3, -0.25) is 9.59 Å². The number of pyridine rings is 1. The van der Waals surface area contributed by atoms with E-state index in [2.05, 4.69) is 16.8 Å². The van der Waals surface area contributed by atoms with Crippen LogP contribution in [-0.4, -0.2) is 133 Å². The van der Waals surface area contributed by atoms with Crippen molar-refractivity contribution in [3.05, 3.63) is 78.0 Å². The molecule has 17 heteroatoms. The molecule has 340 valence electrons. The van der Waals surface area contributed by atoms with Gasteiger partial charge in [-0.2, -0.15) is 0 Å². The lowest BCUT2D eigenvalue weighted by molar-refractivity contribution is -0.118. The number of methoxy groups -OCH3 is 1. The predicted octanol–water partition coefficient (Wildman–Crippen LogP) is 7.79. The van der Waals surface area contributed by atoms with E-state index in [-0.39, 0.29) is 53.5 Å². The number of benzene rings is 3. The predicted molar refractivity (Wildman–Crippen MR) is 248 cm³/mol. The van der Waals surface area contributed by atoms with E-state index in [4.69, 9.17) is 18.9 Å². The van der Waals surface area contributed by atoms with Gasteiger partial charge in [-0.25, -0.2) is 19.5 Å². The van der Waals surface area contributed by atoms with Crippen molar-refractivity contribution in [2.45, 2.75) is 80.8 Å². The minimum Gasteiger partial charge on any atom is -0.493 e. The molecule has 15 nitrogen and oxygen atoms in total. The number of amides is 4. The molecule has 64 heavy (non-hydrogen) atoms. The first kappa shape index (κ1) is 45.3. The Morgan fingerprint density at radius 3 is 2.44 bits per heavy atom. The van der Waals surface area contributed by atoms with Gasteiger partial charge in [0.25, 0.3) is 5.91 Å². The molecule has 0 spiro atoms. The number of aromatic nitrogens is 1. The Morgan fingerprint density at radius 2 is 1.67 bits per heavy atom. The molecular weight excluding hydrogens is 857 g/mol. The monoisotopic (exact) mass is 912 g/mol. The number of hydrogen-bond donors (Lipinski definition) is 1. The molecule has 1 aromatic heterocycles. The number of carbonyl (C=O) groups excluding carboxylic acids is 4. The van der Waals surface area contributed by atoms with Crippen LogP contribution in [0.5, 0.6) is 17.2 Å². The van der Waals surface area contributed by atoms with E-state index in [9.17, 15) is 24.3 Å². The second-order valence-corrected chi connectivity index (χ2v) is 19.5. The van der Waals surface area contributed by atoms with Gasteiger partial charge >= 0.3 is 12.2 Å². The minimum absolute atomic E-state index is 0.00113. The van der Waals surface area contributed by atoms with Crippen molar-refractivity contribution >= 4 is 67.7 Å². The van der Waals surface area contributed by atoms with Gasteiger partial charge < -0.3 is 43.7 Å². The summed E-state index contributed by atoms with van der Waals surface area (Å²) in [4.78, 5) is 67.8. The van der Waals surface area contributed by atoms with E-state index >= 15 is 0 Å². The van der Waals surface area contributed by atoms with E-state index < -0.39 is 18.4 Å². The maximum atomic E-state index is 13.9. The number of ether oxygens (including phenoxy) is 4. The fraction of sp³-hybridized carbons (Fsp3) is 0.468. The number of fused-ring (bicyclic) bond motifs is 5. The molecule has 0 bridgehead atoms. The van der Waals surface area contributed by atoms with Crippen molar-refractivity contribution in [2.24, 2.45) is 0 Å². The first-order valence-electron chi connectivity index (χ1n) is 22.1. The average molecular weight is 913 g/mol. The standard InChI is InChI=1S/C47H56N6O9S2/c1-30-28-52(37-27-38(32-13-7-8-14-33(32)43(30)37)62-46(57)50-22-20-49(3)21-23-50)42(54)17-6-5-11-24-60-40-26-36-34(25-39(40)59-4)44(55)51-19-12-15-35(51)45(56)53(36)47(58)61-29-31(2)63-64-41-16-9-10-18-48-41/h7-10,13-14,16,18,25-27,30-31,35,45,56H,5-6,11-12,15,17,19-24,28-29H2,1-4H3/t30?,31?,35-,45?/m0/s1. The summed E-state index contributed by atoms with van der Waals surface area (Å²) in [6.07, 6.45) is 2.73. The lowest BCUT2D eigenvalue weighted by Gasteiger charge is -2.32. The molecule has 3 unspecified atom stereocenters. The summed E-state index contributed by atoms with van der Waals surface area (Å²) < 4.78 is 23.7. The van der Waals surface area contributed by atoms with Gasteiger partial charge in [0.2, 0.25) is 5.91 Å². The third-order valence-electron chi connectivity index (χ3n) is 12.3. The molecule has 1 N–H and O–H groups in total. The van der Waals surface area contributed by atoms with Crippen LogP contribution in [0.3, 0.4) is 0 Å². The largest absolute Gasteiger partial charge is 0.493 e. The van der Waals surface area contributed by atoms with E-state index in [1.807, 2.05) is 67.4 Å². The highest BCUT2D eigenvalue weighted by molar-refractivity contribution is 8.76. The van der Waals surface area contributed by atoms with Crippen LogP contribution in [0.25, 0.3) is 10.8 Å². The Balaban J connectivity index is 0.900. The number of hydrogen-bond acceptors (Lipinski definition) is 13. The Kier molecular flexibility index (Phi) is 14.4. The van der Waals surface area contributed by atoms with E-state index in [0.29, 0.717) is 82.0 Å². The molecule has 5 heterocycles. The van der Waals surface area contributed by atoms with Crippen LogP contribution in [-0.2, 0) is 9.53 Å². The SMILES string of the molecule is COc1cc2c(cc1OCCCCCC(=O)N1CC(C)c3c1cc(OC(=O)N1CCN(C)CC1)c1ccccc31)N(C(=O)OCC(C)SSc1ccccn1)C(O)[C@@H]1CCCN1C2=O. The summed E-state index contributed by atoms with van der Waals surface area (Å²) in [6.45, 7) is 8.16. The number of unbranched alkanes of at least 4 members (excludes halogenated alkanes) is 2. The molecule has 4 aromatic rings. The van der Waals surface area contributed by atoms with Crippen molar-refractivity contribution in [1.29, 1.82) is 0 Å². The smallest absolute Gasteiger partial charge is 0.416 e. The van der Waals surface area contributed by atoms with Crippen LogP contribution in [0.15, 0.2) is 71.9 Å². The molecule has 0 aliphatic carbocycles. The zero-order chi connectivity index (χ0) is 44.9. The summed E-state index contributed by atoms with van der Waals surface area (Å²) in [6, 6.07) is 18.0. The average Bonchev–Trinajstić information content (AvgIpc) is 3.92. The molecular formula is C47H56N6O9S2. The van der Waals surface area contributed by atoms with Crippen LogP contribution >= 0.6 is 21.6 Å². The third kappa shape index (κ3) is 9.72. The van der Waals surface area contributed by atoms with E-state index in [0.717, 1.165) is 40.1 Å². The number of aliphatic hydroxyl groups excluding tert-OH is 1. The molecule has 4 aliphatic rings. The van der Waals surface area contributed by atoms with Crippen LogP contribution in [0, 0.1) is 0 Å². The summed E-state index contributed by atoms with van der Waals surface area (Å²) in [5.41, 5.74) is 2.26. The summed E-state index contributed by atoms with van der Waals surface area (Å²) in [5.74, 6) is 0.888. The number of rotatable bonds is 14. The fourth-order valence-corrected chi connectivity index (χ4v) is 10.8. The van der Waals surface area contributed by atoms with Crippen molar-refractivity contribution < 1.29 is 43.2 Å². The Morgan fingerprint density at radius 1 is 0.906 bits per heavy atom. The van der Waals surface area contributed by atoms with Crippen LogP contribution < -0.4 is 24.0 Å². The van der Waals surface area contributed by atoms with Gasteiger partial charge in [-0.1, -0.05) is 48.0 Å². The highest BCUT2D eigenvalue weighted by atomic mass is 33.1. The highest BCUT2D eigenvalue weighted by Gasteiger charge is 2.45. The van der Waals surface area contributed by atoms with Crippen LogP contribution in [0.4, 0.5) is 21.0 Å². The maximum Gasteiger partial charge on any atom is 0.416 e. The molecule has 2 fully saturated rings. The van der Waals surface area contributed by atoms with Crippen molar-refractivity contribution in [1.82, 2.24) is 19.7 Å². The van der Waals surface area contributed by atoms with Gasteiger partial charge in [0.05, 0.1) is 36.7 Å². The lowest BCUT2D eigenvalue weighted by atomic mass is 9.95. The molecule has 0 radical (unpaired) electrons. The van der Waals surface area contributed by atoms with Crippen LogP contribution in [0.1, 0.15) is 74.2 Å². The van der Waals surface area contributed by atoms with Gasteiger partial charge in [-0.05, 0) is 86.0 Å². The van der Waals surface area contributed by atoms with Gasteiger partial charge in [0, 0.05) is 80.6 Å². The second kappa shape index (κ2) is 20.3. The first-order chi connectivity index (χ1) is 31.0. The molecule has 4 amide bonds. The Labute approximate surface area is 381 Å². The summed E-state index contributed by atoms with van der Waals surface area (Å²) >= 11 is 0. The van der Waals surface area contributed by atoms with E-state index in [1.54, 1.807) is 28.1 Å².